The van der Waals surface area contributed by atoms with Crippen LogP contribution in [0.15, 0.2) is 36.3 Å². The molecule has 2 heterocycles. The Balaban J connectivity index is 1.28. The van der Waals surface area contributed by atoms with Crippen LogP contribution in [0, 0.1) is 17.8 Å². The molecule has 2 N–H and O–H groups in total. The first-order valence-corrected chi connectivity index (χ1v) is 11.3. The molecule has 0 aliphatic heterocycles. The molecule has 8 nitrogen and oxygen atoms in total. The number of amides is 2. The maximum atomic E-state index is 13.4. The van der Waals surface area contributed by atoms with E-state index in [0.717, 1.165) is 37.9 Å². The molecule has 3 saturated carbocycles. The Kier molecular flexibility index (Phi) is 3.98. The summed E-state index contributed by atoms with van der Waals surface area (Å²) in [5.74, 6) is 1.89. The molecule has 0 radical (unpaired) electrons. The van der Waals surface area contributed by atoms with E-state index in [0.29, 0.717) is 29.4 Å². The Morgan fingerprint density at radius 2 is 2.03 bits per heavy atom. The quantitative estimate of drug-likeness (QED) is 0.727. The Bertz CT molecular complexity index is 1080. The van der Waals surface area contributed by atoms with Gasteiger partial charge in [0.05, 0.1) is 18.3 Å². The highest BCUT2D eigenvalue weighted by Crippen LogP contribution is 2.58. The van der Waals surface area contributed by atoms with Crippen molar-refractivity contribution in [2.45, 2.75) is 63.6 Å². The molecular formula is C23H28N6O2. The summed E-state index contributed by atoms with van der Waals surface area (Å²) >= 11 is 0. The fourth-order valence-electron chi connectivity index (χ4n) is 6.38. The Morgan fingerprint density at radius 1 is 1.19 bits per heavy atom. The molecule has 0 spiro atoms. The van der Waals surface area contributed by atoms with Gasteiger partial charge in [-0.15, -0.1) is 0 Å². The van der Waals surface area contributed by atoms with Crippen LogP contribution in [-0.2, 0) is 4.79 Å². The van der Waals surface area contributed by atoms with E-state index in [1.54, 1.807) is 24.0 Å². The van der Waals surface area contributed by atoms with E-state index in [9.17, 15) is 9.59 Å². The highest BCUT2D eigenvalue weighted by Gasteiger charge is 2.59. The van der Waals surface area contributed by atoms with E-state index in [2.05, 4.69) is 33.8 Å². The number of nitrogens with one attached hydrogen (secondary N) is 2. The van der Waals surface area contributed by atoms with Crippen molar-refractivity contribution < 1.29 is 9.59 Å². The molecule has 5 atom stereocenters. The Hall–Kier alpha value is -2.90. The highest BCUT2D eigenvalue weighted by atomic mass is 16.2. The van der Waals surface area contributed by atoms with Gasteiger partial charge in [0, 0.05) is 24.9 Å². The molecule has 3 unspecified atom stereocenters. The van der Waals surface area contributed by atoms with Crippen molar-refractivity contribution in [2.75, 3.05) is 0 Å². The maximum absolute atomic E-state index is 13.4. The monoisotopic (exact) mass is 420 g/mol. The summed E-state index contributed by atoms with van der Waals surface area (Å²) in [5, 5.41) is 15.5. The summed E-state index contributed by atoms with van der Waals surface area (Å²) in [6, 6.07) is 2.24. The number of carbonyl (C=O) groups is 2. The minimum absolute atomic E-state index is 0.0330. The van der Waals surface area contributed by atoms with E-state index in [-0.39, 0.29) is 23.4 Å². The van der Waals surface area contributed by atoms with Crippen molar-refractivity contribution in [2.24, 2.45) is 17.8 Å². The van der Waals surface area contributed by atoms with Crippen LogP contribution in [0.1, 0.15) is 62.4 Å². The van der Waals surface area contributed by atoms with Gasteiger partial charge in [-0.25, -0.2) is 9.36 Å². The third-order valence-electron chi connectivity index (χ3n) is 7.51. The minimum atomic E-state index is -0.143. The lowest BCUT2D eigenvalue weighted by atomic mass is 9.65. The minimum Gasteiger partial charge on any atom is -0.351 e. The number of fused-ring (bicyclic) bond motifs is 1. The third kappa shape index (κ3) is 2.95. The largest absolute Gasteiger partial charge is 0.351 e. The standard InChI is InChI=1S/C23H28N6O2/c1-13-8-16-17-10-23(9-13,27-14(2)30)11-18(17)20(16)26-21(31)19-12-25-29(15-4-5-15)22(19)28-7-3-6-24-28/h3,6-8,12-13,15,17-18,20H,4-5,9-11H2,1-2H3,(H,26,31)(H,27,30)/t13?,17?,18?,20-,23-/m0/s1. The van der Waals surface area contributed by atoms with E-state index >= 15 is 0 Å². The zero-order chi connectivity index (χ0) is 21.3. The summed E-state index contributed by atoms with van der Waals surface area (Å²) in [6.45, 7) is 3.81. The maximum Gasteiger partial charge on any atom is 0.257 e. The average Bonchev–Trinajstić information content (AvgIpc) is 3.13. The highest BCUT2D eigenvalue weighted by molar-refractivity contribution is 5.97. The molecule has 0 saturated heterocycles. The van der Waals surface area contributed by atoms with Crippen LogP contribution in [0.2, 0.25) is 0 Å². The molecule has 4 aliphatic carbocycles. The van der Waals surface area contributed by atoms with Crippen LogP contribution in [-0.4, -0.2) is 43.0 Å². The van der Waals surface area contributed by atoms with Gasteiger partial charge in [0.25, 0.3) is 5.91 Å². The third-order valence-corrected chi connectivity index (χ3v) is 7.51. The lowest BCUT2D eigenvalue weighted by molar-refractivity contribution is -0.121. The first-order chi connectivity index (χ1) is 14.9. The van der Waals surface area contributed by atoms with Crippen LogP contribution in [0.5, 0.6) is 0 Å². The number of hydrogen-bond acceptors (Lipinski definition) is 4. The van der Waals surface area contributed by atoms with Gasteiger partial charge in [0.15, 0.2) is 5.82 Å². The van der Waals surface area contributed by atoms with Crippen molar-refractivity contribution in [1.82, 2.24) is 30.2 Å². The summed E-state index contributed by atoms with van der Waals surface area (Å²) < 4.78 is 3.67. The first kappa shape index (κ1) is 18.8. The van der Waals surface area contributed by atoms with Crippen LogP contribution >= 0.6 is 0 Å². The molecule has 2 amide bonds. The van der Waals surface area contributed by atoms with Crippen molar-refractivity contribution in [3.63, 3.8) is 0 Å². The number of allylic oxidation sites excluding steroid dienone is 1. The lowest BCUT2D eigenvalue weighted by Crippen LogP contribution is -2.53. The molecule has 8 heteroatoms. The van der Waals surface area contributed by atoms with Gasteiger partial charge < -0.3 is 10.6 Å². The van der Waals surface area contributed by atoms with Crippen molar-refractivity contribution >= 4 is 11.8 Å². The van der Waals surface area contributed by atoms with Gasteiger partial charge >= 0.3 is 0 Å². The SMILES string of the molecule is CC(=O)N[C@@]12CC(C)C=C3C(C1)C(C2)[C@H]3NC(=O)c1cnn(C2CC2)c1-n1cccn1. The normalized spacial score (nSPS) is 33.3. The van der Waals surface area contributed by atoms with E-state index < -0.39 is 0 Å². The van der Waals surface area contributed by atoms with Gasteiger partial charge in [-0.05, 0) is 61.5 Å². The second-order valence-corrected chi connectivity index (χ2v) is 9.95. The van der Waals surface area contributed by atoms with Crippen LogP contribution < -0.4 is 10.6 Å². The van der Waals surface area contributed by atoms with Crippen molar-refractivity contribution in [3.05, 3.63) is 41.9 Å². The van der Waals surface area contributed by atoms with Crippen LogP contribution in [0.25, 0.3) is 5.82 Å². The smallest absolute Gasteiger partial charge is 0.257 e. The molecule has 0 aromatic carbocycles. The molecule has 4 aliphatic rings. The molecule has 31 heavy (non-hydrogen) atoms. The van der Waals surface area contributed by atoms with Gasteiger partial charge in [-0.2, -0.15) is 10.2 Å². The molecule has 2 bridgehead atoms. The van der Waals surface area contributed by atoms with Crippen LogP contribution in [0.3, 0.4) is 0 Å². The summed E-state index contributed by atoms with van der Waals surface area (Å²) in [5.41, 5.74) is 1.76. The van der Waals surface area contributed by atoms with E-state index in [4.69, 9.17) is 0 Å². The van der Waals surface area contributed by atoms with Gasteiger partial charge in [-0.3, -0.25) is 9.59 Å². The van der Waals surface area contributed by atoms with Gasteiger partial charge in [0.2, 0.25) is 5.91 Å². The predicted octanol–water partition coefficient (Wildman–Crippen LogP) is 2.38. The molecule has 6 rings (SSSR count). The Morgan fingerprint density at radius 3 is 2.74 bits per heavy atom. The molecule has 162 valence electrons. The second-order valence-electron chi connectivity index (χ2n) is 9.95. The number of carbonyl (C=O) groups excluding carboxylic acids is 2. The topological polar surface area (TPSA) is 93.8 Å². The average molecular weight is 421 g/mol. The van der Waals surface area contributed by atoms with Gasteiger partial charge in [0.1, 0.15) is 5.56 Å². The summed E-state index contributed by atoms with van der Waals surface area (Å²) in [4.78, 5) is 25.3. The number of nitrogens with zero attached hydrogens (tertiary/aromatic N) is 4. The molecule has 2 aromatic heterocycles. The van der Waals surface area contributed by atoms with Crippen molar-refractivity contribution in [3.8, 4) is 5.82 Å². The number of rotatable bonds is 5. The lowest BCUT2D eigenvalue weighted by Gasteiger charge is -2.45. The molecular weight excluding hydrogens is 392 g/mol. The zero-order valence-electron chi connectivity index (χ0n) is 17.9. The van der Waals surface area contributed by atoms with E-state index in [1.807, 2.05) is 16.9 Å². The second kappa shape index (κ2) is 6.55. The number of aromatic nitrogens is 4. The predicted molar refractivity (Wildman–Crippen MR) is 113 cm³/mol. The zero-order valence-corrected chi connectivity index (χ0v) is 17.9. The summed E-state index contributed by atoms with van der Waals surface area (Å²) in [7, 11) is 0. The van der Waals surface area contributed by atoms with Crippen molar-refractivity contribution in [1.29, 1.82) is 0 Å². The van der Waals surface area contributed by atoms with Crippen LogP contribution in [0.4, 0.5) is 0 Å². The summed E-state index contributed by atoms with van der Waals surface area (Å²) in [6.07, 6.45) is 12.6. The number of hydrogen-bond donors (Lipinski definition) is 2. The van der Waals surface area contributed by atoms with Gasteiger partial charge in [-0.1, -0.05) is 13.0 Å². The van der Waals surface area contributed by atoms with E-state index in [1.165, 1.54) is 5.57 Å². The fraction of sp³-hybridized carbons (Fsp3) is 0.565. The molecule has 3 fully saturated rings. The Labute approximate surface area is 181 Å². The molecule has 2 aromatic rings. The fourth-order valence-corrected chi connectivity index (χ4v) is 6.38. The first-order valence-electron chi connectivity index (χ1n) is 11.3.